The molecule has 0 heterocycles. The molecular formula is C11H10O4S. The molecule has 0 aliphatic carbocycles. The van der Waals surface area contributed by atoms with Crippen LogP contribution in [-0.4, -0.2) is 19.5 Å². The second kappa shape index (κ2) is 4.76. The van der Waals surface area contributed by atoms with Crippen molar-refractivity contribution in [1.82, 2.24) is 0 Å². The SMILES string of the molecule is C=CC=CS(=O)(=O)c1ccc(C(=O)O)cc1. The molecule has 0 bridgehead atoms. The van der Waals surface area contributed by atoms with Gasteiger partial charge in [-0.05, 0) is 24.3 Å². The fraction of sp³-hybridized carbons (Fsp3) is 0. The number of hydrogen-bond acceptors (Lipinski definition) is 3. The highest BCUT2D eigenvalue weighted by Gasteiger charge is 2.10. The molecule has 1 rings (SSSR count). The van der Waals surface area contributed by atoms with Crippen LogP contribution in [-0.2, 0) is 9.84 Å². The normalized spacial score (nSPS) is 11.5. The van der Waals surface area contributed by atoms with E-state index >= 15 is 0 Å². The largest absolute Gasteiger partial charge is 0.478 e. The monoisotopic (exact) mass is 238 g/mol. The minimum absolute atomic E-state index is 0.0478. The van der Waals surface area contributed by atoms with Gasteiger partial charge in [0.05, 0.1) is 10.5 Å². The molecule has 0 aromatic heterocycles. The summed E-state index contributed by atoms with van der Waals surface area (Å²) in [5.41, 5.74) is 0.0478. The van der Waals surface area contributed by atoms with Crippen molar-refractivity contribution in [2.75, 3.05) is 0 Å². The van der Waals surface area contributed by atoms with Crippen LogP contribution in [0.5, 0.6) is 0 Å². The van der Waals surface area contributed by atoms with Gasteiger partial charge in [0, 0.05) is 5.41 Å². The van der Waals surface area contributed by atoms with E-state index in [0.717, 1.165) is 5.41 Å². The van der Waals surface area contributed by atoms with Gasteiger partial charge in [0.15, 0.2) is 9.84 Å². The van der Waals surface area contributed by atoms with E-state index < -0.39 is 15.8 Å². The minimum atomic E-state index is -3.51. The number of hydrogen-bond donors (Lipinski definition) is 1. The van der Waals surface area contributed by atoms with Crippen LogP contribution in [0.1, 0.15) is 10.4 Å². The summed E-state index contributed by atoms with van der Waals surface area (Å²) in [6, 6.07) is 5.01. The second-order valence-corrected chi connectivity index (χ2v) is 4.77. The Morgan fingerprint density at radius 1 is 1.25 bits per heavy atom. The molecular weight excluding hydrogens is 228 g/mol. The van der Waals surface area contributed by atoms with Gasteiger partial charge >= 0.3 is 5.97 Å². The number of carboxylic acids is 1. The molecule has 16 heavy (non-hydrogen) atoms. The second-order valence-electron chi connectivity index (χ2n) is 2.94. The molecule has 0 aliphatic rings. The summed E-state index contributed by atoms with van der Waals surface area (Å²) in [5, 5.41) is 9.65. The fourth-order valence-electron chi connectivity index (χ4n) is 1.02. The molecule has 1 N–H and O–H groups in total. The van der Waals surface area contributed by atoms with Gasteiger partial charge in [0.1, 0.15) is 0 Å². The number of benzene rings is 1. The third kappa shape index (κ3) is 2.80. The molecule has 0 aliphatic heterocycles. The lowest BCUT2D eigenvalue weighted by atomic mass is 10.2. The van der Waals surface area contributed by atoms with Gasteiger partial charge in [0.2, 0.25) is 0 Å². The molecule has 0 unspecified atom stereocenters. The summed E-state index contributed by atoms with van der Waals surface area (Å²) < 4.78 is 23.2. The molecule has 0 saturated heterocycles. The van der Waals surface area contributed by atoms with Crippen LogP contribution in [0, 0.1) is 0 Å². The highest BCUT2D eigenvalue weighted by atomic mass is 32.2. The van der Waals surface area contributed by atoms with Gasteiger partial charge in [-0.25, -0.2) is 13.2 Å². The average molecular weight is 238 g/mol. The zero-order chi connectivity index (χ0) is 12.2. The Morgan fingerprint density at radius 3 is 2.25 bits per heavy atom. The smallest absolute Gasteiger partial charge is 0.335 e. The minimum Gasteiger partial charge on any atom is -0.478 e. The summed E-state index contributed by atoms with van der Waals surface area (Å²) in [6.45, 7) is 3.37. The molecule has 0 radical (unpaired) electrons. The predicted octanol–water partition coefficient (Wildman–Crippen LogP) is 1.86. The fourth-order valence-corrected chi connectivity index (χ4v) is 2.02. The average Bonchev–Trinajstić information content (AvgIpc) is 2.26. The Hall–Kier alpha value is -1.88. The molecule has 4 nitrogen and oxygen atoms in total. The van der Waals surface area contributed by atoms with E-state index in [4.69, 9.17) is 5.11 Å². The van der Waals surface area contributed by atoms with E-state index in [1.807, 2.05) is 0 Å². The Labute approximate surface area is 93.5 Å². The first-order valence-corrected chi connectivity index (χ1v) is 5.89. The lowest BCUT2D eigenvalue weighted by Crippen LogP contribution is -1.99. The van der Waals surface area contributed by atoms with Crippen molar-refractivity contribution >= 4 is 15.8 Å². The van der Waals surface area contributed by atoms with Crippen LogP contribution >= 0.6 is 0 Å². The van der Waals surface area contributed by atoms with Crippen molar-refractivity contribution in [2.45, 2.75) is 4.90 Å². The van der Waals surface area contributed by atoms with Crippen LogP contribution in [0.3, 0.4) is 0 Å². The van der Waals surface area contributed by atoms with Crippen LogP contribution in [0.25, 0.3) is 0 Å². The van der Waals surface area contributed by atoms with Gasteiger partial charge in [-0.15, -0.1) is 0 Å². The zero-order valence-electron chi connectivity index (χ0n) is 8.33. The van der Waals surface area contributed by atoms with E-state index in [1.54, 1.807) is 0 Å². The lowest BCUT2D eigenvalue weighted by Gasteiger charge is -1.99. The third-order valence-electron chi connectivity index (χ3n) is 1.82. The summed E-state index contributed by atoms with van der Waals surface area (Å²) in [4.78, 5) is 10.6. The maximum absolute atomic E-state index is 11.6. The maximum Gasteiger partial charge on any atom is 0.335 e. The first-order valence-electron chi connectivity index (χ1n) is 4.35. The number of carboxylic acid groups (broad SMARTS) is 1. The number of sulfone groups is 1. The van der Waals surface area contributed by atoms with Gasteiger partial charge in [-0.2, -0.15) is 0 Å². The van der Waals surface area contributed by atoms with Gasteiger partial charge in [0.25, 0.3) is 0 Å². The topological polar surface area (TPSA) is 71.4 Å². The predicted molar refractivity (Wildman–Crippen MR) is 59.9 cm³/mol. The molecule has 84 valence electrons. The van der Waals surface area contributed by atoms with Crippen LogP contribution in [0.4, 0.5) is 0 Å². The number of aromatic carboxylic acids is 1. The number of rotatable bonds is 4. The highest BCUT2D eigenvalue weighted by molar-refractivity contribution is 7.94. The first kappa shape index (κ1) is 12.2. The molecule has 0 fully saturated rings. The van der Waals surface area contributed by atoms with Crippen LogP contribution in [0.2, 0.25) is 0 Å². The zero-order valence-corrected chi connectivity index (χ0v) is 9.15. The van der Waals surface area contributed by atoms with Crippen molar-refractivity contribution < 1.29 is 18.3 Å². The first-order chi connectivity index (χ1) is 7.47. The Morgan fingerprint density at radius 2 is 1.81 bits per heavy atom. The molecule has 0 saturated carbocycles. The Kier molecular flexibility index (Phi) is 3.63. The van der Waals surface area contributed by atoms with Crippen molar-refractivity contribution in [3.8, 4) is 0 Å². The standard InChI is InChI=1S/C11H10O4S/c1-2-3-8-16(14,15)10-6-4-9(5-7-10)11(12)13/h2-8H,1H2,(H,12,13). The maximum atomic E-state index is 11.6. The molecule has 5 heteroatoms. The lowest BCUT2D eigenvalue weighted by molar-refractivity contribution is 0.0697. The summed E-state index contributed by atoms with van der Waals surface area (Å²) in [5.74, 6) is -1.09. The quantitative estimate of drug-likeness (QED) is 0.813. The van der Waals surface area contributed by atoms with Crippen LogP contribution in [0.15, 0.2) is 53.3 Å². The van der Waals surface area contributed by atoms with Gasteiger partial charge < -0.3 is 5.11 Å². The van der Waals surface area contributed by atoms with Crippen molar-refractivity contribution in [1.29, 1.82) is 0 Å². The van der Waals surface area contributed by atoms with Crippen molar-refractivity contribution in [3.05, 3.63) is 54.0 Å². The molecule has 0 amide bonds. The summed E-state index contributed by atoms with van der Waals surface area (Å²) >= 11 is 0. The van der Waals surface area contributed by atoms with E-state index in [-0.39, 0.29) is 10.5 Å². The van der Waals surface area contributed by atoms with Crippen molar-refractivity contribution in [3.63, 3.8) is 0 Å². The summed E-state index contributed by atoms with van der Waals surface area (Å²) in [7, 11) is -3.51. The number of allylic oxidation sites excluding steroid dienone is 2. The van der Waals surface area contributed by atoms with Gasteiger partial charge in [-0.1, -0.05) is 18.7 Å². The van der Waals surface area contributed by atoms with E-state index in [9.17, 15) is 13.2 Å². The summed E-state index contributed by atoms with van der Waals surface area (Å²) in [6.07, 6.45) is 2.66. The molecule has 1 aromatic carbocycles. The van der Waals surface area contributed by atoms with E-state index in [0.29, 0.717) is 0 Å². The molecule has 1 aromatic rings. The Balaban J connectivity index is 3.11. The number of carbonyl (C=O) groups is 1. The van der Waals surface area contributed by atoms with Crippen LogP contribution < -0.4 is 0 Å². The highest BCUT2D eigenvalue weighted by Crippen LogP contribution is 2.13. The Bertz CT molecular complexity index is 524. The third-order valence-corrected chi connectivity index (χ3v) is 3.27. The van der Waals surface area contributed by atoms with E-state index in [2.05, 4.69) is 6.58 Å². The van der Waals surface area contributed by atoms with Gasteiger partial charge in [-0.3, -0.25) is 0 Å². The van der Waals surface area contributed by atoms with E-state index in [1.165, 1.54) is 36.4 Å². The van der Waals surface area contributed by atoms with Crippen molar-refractivity contribution in [2.24, 2.45) is 0 Å². The molecule has 0 spiro atoms. The molecule has 0 atom stereocenters.